The van der Waals surface area contributed by atoms with E-state index in [9.17, 15) is 18.4 Å². The molecule has 0 saturated heterocycles. The first-order valence-corrected chi connectivity index (χ1v) is 8.38. The van der Waals surface area contributed by atoms with Crippen LogP contribution in [0.25, 0.3) is 0 Å². The van der Waals surface area contributed by atoms with Crippen molar-refractivity contribution in [2.45, 2.75) is 32.9 Å². The van der Waals surface area contributed by atoms with Crippen molar-refractivity contribution in [1.29, 1.82) is 0 Å². The number of benzene rings is 1. The van der Waals surface area contributed by atoms with Gasteiger partial charge in [-0.15, -0.1) is 0 Å². The molecule has 27 heavy (non-hydrogen) atoms. The Bertz CT molecular complexity index is 762. The van der Waals surface area contributed by atoms with Gasteiger partial charge in [0.25, 0.3) is 5.91 Å². The fraction of sp³-hybridized carbons (Fsp3) is 0.389. The van der Waals surface area contributed by atoms with Gasteiger partial charge in [0, 0.05) is 19.3 Å². The lowest BCUT2D eigenvalue weighted by atomic mass is 10.2. The topological polar surface area (TPSA) is 84.5 Å². The zero-order chi connectivity index (χ0) is 19.8. The van der Waals surface area contributed by atoms with Crippen LogP contribution in [-0.4, -0.2) is 47.2 Å². The zero-order valence-electron chi connectivity index (χ0n) is 15.1. The minimum absolute atomic E-state index is 0.0399. The zero-order valence-corrected chi connectivity index (χ0v) is 15.1. The van der Waals surface area contributed by atoms with E-state index in [0.29, 0.717) is 0 Å². The van der Waals surface area contributed by atoms with Crippen molar-refractivity contribution in [3.05, 3.63) is 47.3 Å². The summed E-state index contributed by atoms with van der Waals surface area (Å²) in [6, 6.07) is 7.54. The minimum Gasteiger partial charge on any atom is -0.451 e. The normalized spacial score (nSPS) is 10.7. The molecule has 1 aromatic carbocycles. The summed E-state index contributed by atoms with van der Waals surface area (Å²) >= 11 is 0. The number of H-pyrrole nitrogens is 1. The van der Waals surface area contributed by atoms with Crippen LogP contribution >= 0.6 is 0 Å². The summed E-state index contributed by atoms with van der Waals surface area (Å²) in [4.78, 5) is 25.4. The van der Waals surface area contributed by atoms with Crippen molar-refractivity contribution in [3.8, 4) is 5.75 Å². The van der Waals surface area contributed by atoms with Gasteiger partial charge in [-0.1, -0.05) is 25.5 Å². The highest BCUT2D eigenvalue weighted by Gasteiger charge is 2.16. The monoisotopic (exact) mass is 381 g/mol. The van der Waals surface area contributed by atoms with Gasteiger partial charge < -0.3 is 14.4 Å². The van der Waals surface area contributed by atoms with Gasteiger partial charge in [-0.05, 0) is 30.2 Å². The van der Waals surface area contributed by atoms with E-state index in [4.69, 9.17) is 4.74 Å². The number of nitrogens with zero attached hydrogens (tertiary/aromatic N) is 2. The molecular weight excluding hydrogens is 360 g/mol. The maximum atomic E-state index is 12.1. The molecule has 1 N–H and O–H groups in total. The van der Waals surface area contributed by atoms with Crippen molar-refractivity contribution >= 4 is 11.9 Å². The van der Waals surface area contributed by atoms with Gasteiger partial charge in [-0.25, -0.2) is 4.79 Å². The molecule has 1 amide bonds. The molecule has 0 bridgehead atoms. The van der Waals surface area contributed by atoms with E-state index in [-0.39, 0.29) is 18.0 Å². The molecule has 0 radical (unpaired) electrons. The number of amides is 1. The molecule has 2 aromatic rings. The van der Waals surface area contributed by atoms with Gasteiger partial charge in [0.1, 0.15) is 5.75 Å². The fourth-order valence-electron chi connectivity index (χ4n) is 2.31. The number of aromatic nitrogens is 2. The predicted octanol–water partition coefficient (Wildman–Crippen LogP) is 2.78. The van der Waals surface area contributed by atoms with Crippen molar-refractivity contribution in [2.24, 2.45) is 0 Å². The molecule has 1 aromatic heterocycles. The van der Waals surface area contributed by atoms with Crippen LogP contribution in [0.5, 0.6) is 5.75 Å². The number of alkyl halides is 2. The number of ether oxygens (including phenoxy) is 2. The largest absolute Gasteiger partial charge is 0.451 e. The lowest BCUT2D eigenvalue weighted by Crippen LogP contribution is -2.30. The van der Waals surface area contributed by atoms with Crippen LogP contribution in [0, 0.1) is 0 Å². The Balaban J connectivity index is 1.81. The first kappa shape index (κ1) is 20.3. The van der Waals surface area contributed by atoms with Gasteiger partial charge in [-0.2, -0.15) is 13.9 Å². The van der Waals surface area contributed by atoms with Crippen molar-refractivity contribution in [3.63, 3.8) is 0 Å². The molecule has 0 aliphatic heterocycles. The molecule has 146 valence electrons. The third-order valence-corrected chi connectivity index (χ3v) is 3.68. The van der Waals surface area contributed by atoms with Crippen LogP contribution in [0.1, 0.15) is 35.1 Å². The molecule has 0 spiro atoms. The van der Waals surface area contributed by atoms with Crippen LogP contribution in [0.15, 0.2) is 30.3 Å². The second-order valence-electron chi connectivity index (χ2n) is 5.88. The molecule has 0 aliphatic carbocycles. The Kier molecular flexibility index (Phi) is 7.27. The highest BCUT2D eigenvalue weighted by molar-refractivity contribution is 5.89. The van der Waals surface area contributed by atoms with Gasteiger partial charge in [-0.3, -0.25) is 9.89 Å². The third-order valence-electron chi connectivity index (χ3n) is 3.68. The minimum atomic E-state index is -2.89. The van der Waals surface area contributed by atoms with Crippen molar-refractivity contribution < 1.29 is 27.8 Å². The number of aryl methyl sites for hydroxylation is 1. The maximum Gasteiger partial charge on any atom is 0.387 e. The molecule has 0 atom stereocenters. The maximum absolute atomic E-state index is 12.1. The molecule has 0 unspecified atom stereocenters. The van der Waals surface area contributed by atoms with E-state index in [0.717, 1.165) is 24.1 Å². The first-order chi connectivity index (χ1) is 12.9. The molecule has 0 aliphatic rings. The van der Waals surface area contributed by atoms with E-state index >= 15 is 0 Å². The number of carbonyl (C=O) groups excluding carboxylic acids is 2. The van der Waals surface area contributed by atoms with Crippen LogP contribution in [-0.2, 0) is 22.5 Å². The average molecular weight is 381 g/mol. The lowest BCUT2D eigenvalue weighted by Gasteiger charge is -2.17. The average Bonchev–Trinajstić information content (AvgIpc) is 3.09. The molecule has 0 saturated carbocycles. The molecule has 9 heteroatoms. The molecule has 1 heterocycles. The summed E-state index contributed by atoms with van der Waals surface area (Å²) < 4.78 is 33.5. The smallest absolute Gasteiger partial charge is 0.387 e. The van der Waals surface area contributed by atoms with Gasteiger partial charge in [0.05, 0.1) is 0 Å². The molecule has 0 fully saturated rings. The van der Waals surface area contributed by atoms with Crippen LogP contribution < -0.4 is 4.74 Å². The summed E-state index contributed by atoms with van der Waals surface area (Å²) in [5.41, 5.74) is 1.67. The lowest BCUT2D eigenvalue weighted by molar-refractivity contribution is -0.133. The Morgan fingerprint density at radius 3 is 2.59 bits per heavy atom. The second-order valence-corrected chi connectivity index (χ2v) is 5.88. The Morgan fingerprint density at radius 2 is 1.96 bits per heavy atom. The van der Waals surface area contributed by atoms with Crippen LogP contribution in [0.2, 0.25) is 0 Å². The molecule has 2 rings (SSSR count). The van der Waals surface area contributed by atoms with Gasteiger partial charge >= 0.3 is 12.6 Å². The summed E-state index contributed by atoms with van der Waals surface area (Å²) in [5.74, 6) is -1.04. The van der Waals surface area contributed by atoms with E-state index in [2.05, 4.69) is 14.9 Å². The van der Waals surface area contributed by atoms with Crippen molar-refractivity contribution in [2.75, 3.05) is 13.7 Å². The number of carbonyl (C=O) groups is 2. The standard InChI is InChI=1S/C18H21F2N3O4/c1-3-4-13-9-15(22-21-13)17(25)26-11-16(24)23(2)10-12-5-7-14(8-6-12)27-18(19)20/h5-9,18H,3-4,10-11H2,1-2H3,(H,21,22). The van der Waals surface area contributed by atoms with Crippen molar-refractivity contribution in [1.82, 2.24) is 15.1 Å². The number of hydrogen-bond donors (Lipinski definition) is 1. The Morgan fingerprint density at radius 1 is 1.26 bits per heavy atom. The number of halogens is 2. The summed E-state index contributed by atoms with van der Waals surface area (Å²) in [5, 5.41) is 6.61. The third kappa shape index (κ3) is 6.36. The highest BCUT2D eigenvalue weighted by atomic mass is 19.3. The van der Waals surface area contributed by atoms with E-state index in [1.807, 2.05) is 6.92 Å². The Labute approximate surface area is 155 Å². The van der Waals surface area contributed by atoms with E-state index in [1.54, 1.807) is 25.2 Å². The van der Waals surface area contributed by atoms with E-state index in [1.165, 1.54) is 17.0 Å². The SMILES string of the molecule is CCCc1cc(C(=O)OCC(=O)N(C)Cc2ccc(OC(F)F)cc2)n[nH]1. The highest BCUT2D eigenvalue weighted by Crippen LogP contribution is 2.15. The van der Waals surface area contributed by atoms with Crippen LogP contribution in [0.3, 0.4) is 0 Å². The summed E-state index contributed by atoms with van der Waals surface area (Å²) in [6.07, 6.45) is 1.68. The first-order valence-electron chi connectivity index (χ1n) is 8.38. The molecular formula is C18H21F2N3O4. The number of rotatable bonds is 9. The number of esters is 1. The quantitative estimate of drug-likeness (QED) is 0.675. The number of likely N-dealkylation sites (N-methyl/N-ethyl adjacent to an activating group) is 1. The van der Waals surface area contributed by atoms with Gasteiger partial charge in [0.2, 0.25) is 0 Å². The fourth-order valence-corrected chi connectivity index (χ4v) is 2.31. The summed E-state index contributed by atoms with van der Waals surface area (Å²) in [7, 11) is 1.55. The number of hydrogen-bond acceptors (Lipinski definition) is 5. The predicted molar refractivity (Wildman–Crippen MR) is 92.4 cm³/mol. The second kappa shape index (κ2) is 9.65. The number of nitrogens with one attached hydrogen (secondary N) is 1. The summed E-state index contributed by atoms with van der Waals surface area (Å²) in [6.45, 7) is -1.07. The van der Waals surface area contributed by atoms with E-state index < -0.39 is 25.1 Å². The number of aromatic amines is 1. The van der Waals surface area contributed by atoms with Crippen LogP contribution in [0.4, 0.5) is 8.78 Å². The molecule has 7 nitrogen and oxygen atoms in total. The van der Waals surface area contributed by atoms with Gasteiger partial charge in [0.15, 0.2) is 12.3 Å². The Hall–Kier alpha value is -2.97.